The van der Waals surface area contributed by atoms with Gasteiger partial charge in [-0.05, 0) is 12.1 Å². The molecular formula is C12H13N3O2. The highest BCUT2D eigenvalue weighted by molar-refractivity contribution is 5.95. The zero-order chi connectivity index (χ0) is 12.7. The first-order valence-corrected chi connectivity index (χ1v) is 5.23. The Morgan fingerprint density at radius 2 is 2.00 bits per heavy atom. The number of nitrogens with zero attached hydrogens (tertiary/aromatic N) is 1. The first kappa shape index (κ1) is 12.7. The van der Waals surface area contributed by atoms with Gasteiger partial charge >= 0.3 is 0 Å². The van der Waals surface area contributed by atoms with Crippen LogP contribution < -0.4 is 10.6 Å². The van der Waals surface area contributed by atoms with Gasteiger partial charge in [0.05, 0.1) is 17.8 Å². The van der Waals surface area contributed by atoms with Crippen LogP contribution in [0.5, 0.6) is 0 Å². The lowest BCUT2D eigenvalue weighted by molar-refractivity contribution is -0.123. The average molecular weight is 231 g/mol. The summed E-state index contributed by atoms with van der Waals surface area (Å²) in [6.07, 6.45) is 0.335. The molecule has 0 atom stereocenters. The molecule has 88 valence electrons. The van der Waals surface area contributed by atoms with Crippen LogP contribution in [0.3, 0.4) is 0 Å². The second-order valence-corrected chi connectivity index (χ2v) is 3.34. The number of nitriles is 1. The van der Waals surface area contributed by atoms with E-state index in [1.165, 1.54) is 0 Å². The molecule has 17 heavy (non-hydrogen) atoms. The molecule has 0 aliphatic carbocycles. The van der Waals surface area contributed by atoms with Crippen molar-refractivity contribution in [1.29, 1.82) is 5.26 Å². The molecule has 0 saturated carbocycles. The highest BCUT2D eigenvalue weighted by Gasteiger charge is 2.06. The van der Waals surface area contributed by atoms with Crippen molar-refractivity contribution in [3.05, 3.63) is 29.8 Å². The van der Waals surface area contributed by atoms with Gasteiger partial charge in [0, 0.05) is 6.42 Å². The van der Waals surface area contributed by atoms with Gasteiger partial charge in [0.2, 0.25) is 11.8 Å². The van der Waals surface area contributed by atoms with E-state index in [4.69, 9.17) is 5.26 Å². The molecule has 0 unspecified atom stereocenters. The zero-order valence-electron chi connectivity index (χ0n) is 9.49. The lowest BCUT2D eigenvalue weighted by atomic mass is 10.2. The smallest absolute Gasteiger partial charge is 0.243 e. The second kappa shape index (κ2) is 6.28. The summed E-state index contributed by atoms with van der Waals surface area (Å²) in [5, 5.41) is 13.8. The number of carbonyl (C=O) groups excluding carboxylic acids is 2. The first-order chi connectivity index (χ1) is 8.17. The average Bonchev–Trinajstić information content (AvgIpc) is 2.36. The summed E-state index contributed by atoms with van der Waals surface area (Å²) in [7, 11) is 0. The monoisotopic (exact) mass is 231 g/mol. The Bertz CT molecular complexity index is 463. The largest absolute Gasteiger partial charge is 0.347 e. The van der Waals surface area contributed by atoms with Crippen LogP contribution in [0, 0.1) is 11.3 Å². The van der Waals surface area contributed by atoms with Gasteiger partial charge in [-0.3, -0.25) is 9.59 Å². The van der Waals surface area contributed by atoms with Crippen LogP contribution in [0.15, 0.2) is 24.3 Å². The lowest BCUT2D eigenvalue weighted by Gasteiger charge is -2.07. The molecule has 1 aromatic rings. The molecule has 0 aliphatic rings. The Labute approximate surface area is 99.4 Å². The fraction of sp³-hybridized carbons (Fsp3) is 0.250. The minimum absolute atomic E-state index is 0.0908. The molecular weight excluding hydrogens is 218 g/mol. The van der Waals surface area contributed by atoms with Gasteiger partial charge in [-0.25, -0.2) is 0 Å². The molecule has 0 spiro atoms. The number of amides is 2. The minimum Gasteiger partial charge on any atom is -0.347 e. The maximum absolute atomic E-state index is 11.5. The van der Waals surface area contributed by atoms with E-state index in [0.29, 0.717) is 17.7 Å². The molecule has 0 aliphatic heterocycles. The van der Waals surface area contributed by atoms with Crippen molar-refractivity contribution in [2.24, 2.45) is 0 Å². The van der Waals surface area contributed by atoms with Crippen LogP contribution in [0.2, 0.25) is 0 Å². The molecule has 1 rings (SSSR count). The van der Waals surface area contributed by atoms with E-state index in [9.17, 15) is 9.59 Å². The van der Waals surface area contributed by atoms with E-state index in [0.717, 1.165) is 0 Å². The number of anilines is 1. The van der Waals surface area contributed by atoms with Crippen molar-refractivity contribution in [1.82, 2.24) is 5.32 Å². The third-order valence-electron chi connectivity index (χ3n) is 2.09. The number of hydrogen-bond donors (Lipinski definition) is 2. The predicted octanol–water partition coefficient (Wildman–Crippen LogP) is 1.02. The quantitative estimate of drug-likeness (QED) is 0.811. The number of benzene rings is 1. The molecule has 5 heteroatoms. The summed E-state index contributed by atoms with van der Waals surface area (Å²) >= 11 is 0. The normalized spacial score (nSPS) is 9.18. The maximum Gasteiger partial charge on any atom is 0.243 e. The molecule has 5 nitrogen and oxygen atoms in total. The van der Waals surface area contributed by atoms with Crippen LogP contribution >= 0.6 is 0 Å². The number of nitrogens with one attached hydrogen (secondary N) is 2. The van der Waals surface area contributed by atoms with Crippen molar-refractivity contribution < 1.29 is 9.59 Å². The van der Waals surface area contributed by atoms with Crippen molar-refractivity contribution in [3.63, 3.8) is 0 Å². The summed E-state index contributed by atoms with van der Waals surface area (Å²) in [4.78, 5) is 22.4. The van der Waals surface area contributed by atoms with Crippen LogP contribution in [-0.4, -0.2) is 18.4 Å². The molecule has 0 radical (unpaired) electrons. The van der Waals surface area contributed by atoms with Crippen LogP contribution in [-0.2, 0) is 9.59 Å². The second-order valence-electron chi connectivity index (χ2n) is 3.34. The fourth-order valence-electron chi connectivity index (χ4n) is 1.19. The topological polar surface area (TPSA) is 82.0 Å². The van der Waals surface area contributed by atoms with E-state index in [1.54, 1.807) is 31.2 Å². The maximum atomic E-state index is 11.5. The van der Waals surface area contributed by atoms with Crippen molar-refractivity contribution in [2.45, 2.75) is 13.3 Å². The van der Waals surface area contributed by atoms with Gasteiger partial charge in [-0.15, -0.1) is 0 Å². The SMILES string of the molecule is CCC(=O)NCC(=O)Nc1ccccc1C#N. The molecule has 0 fully saturated rings. The van der Waals surface area contributed by atoms with Crippen molar-refractivity contribution in [3.8, 4) is 6.07 Å². The molecule has 0 heterocycles. The van der Waals surface area contributed by atoms with Gasteiger partial charge in [-0.2, -0.15) is 5.26 Å². The number of para-hydroxylation sites is 1. The van der Waals surface area contributed by atoms with Crippen LogP contribution in [0.1, 0.15) is 18.9 Å². The van der Waals surface area contributed by atoms with Crippen molar-refractivity contribution in [2.75, 3.05) is 11.9 Å². The first-order valence-electron chi connectivity index (χ1n) is 5.23. The van der Waals surface area contributed by atoms with Crippen LogP contribution in [0.25, 0.3) is 0 Å². The summed E-state index contributed by atoms with van der Waals surface area (Å²) in [6, 6.07) is 8.66. The Kier molecular flexibility index (Phi) is 4.70. The standard InChI is InChI=1S/C12H13N3O2/c1-2-11(16)14-8-12(17)15-10-6-4-3-5-9(10)7-13/h3-6H,2,8H2,1H3,(H,14,16)(H,15,17). The summed E-state index contributed by atoms with van der Waals surface area (Å²) in [5.41, 5.74) is 0.841. The molecule has 0 aromatic heterocycles. The van der Waals surface area contributed by atoms with Gasteiger partial charge in [0.25, 0.3) is 0 Å². The molecule has 0 bridgehead atoms. The summed E-state index contributed by atoms with van der Waals surface area (Å²) in [6.45, 7) is 1.62. The predicted molar refractivity (Wildman–Crippen MR) is 63.1 cm³/mol. The third kappa shape index (κ3) is 3.95. The van der Waals surface area contributed by atoms with E-state index in [2.05, 4.69) is 10.6 Å². The Morgan fingerprint density at radius 1 is 1.29 bits per heavy atom. The molecule has 1 aromatic carbocycles. The van der Waals surface area contributed by atoms with Gasteiger partial charge < -0.3 is 10.6 Å². The van der Waals surface area contributed by atoms with Crippen LogP contribution in [0.4, 0.5) is 5.69 Å². The van der Waals surface area contributed by atoms with Gasteiger partial charge in [0.1, 0.15) is 6.07 Å². The Balaban J connectivity index is 2.57. The number of carbonyl (C=O) groups is 2. The van der Waals surface area contributed by atoms with E-state index >= 15 is 0 Å². The van der Waals surface area contributed by atoms with Gasteiger partial charge in [-0.1, -0.05) is 19.1 Å². The lowest BCUT2D eigenvalue weighted by Crippen LogP contribution is -2.32. The third-order valence-corrected chi connectivity index (χ3v) is 2.09. The van der Waals surface area contributed by atoms with E-state index in [-0.39, 0.29) is 18.4 Å². The number of rotatable bonds is 4. The van der Waals surface area contributed by atoms with Gasteiger partial charge in [0.15, 0.2) is 0 Å². The fourth-order valence-corrected chi connectivity index (χ4v) is 1.19. The highest BCUT2D eigenvalue weighted by Crippen LogP contribution is 2.12. The summed E-state index contributed by atoms with van der Waals surface area (Å²) < 4.78 is 0. The molecule has 2 N–H and O–H groups in total. The Morgan fingerprint density at radius 3 is 2.65 bits per heavy atom. The van der Waals surface area contributed by atoms with E-state index in [1.807, 2.05) is 6.07 Å². The van der Waals surface area contributed by atoms with E-state index < -0.39 is 0 Å². The zero-order valence-corrected chi connectivity index (χ0v) is 9.49. The van der Waals surface area contributed by atoms with Crippen molar-refractivity contribution >= 4 is 17.5 Å². The summed E-state index contributed by atoms with van der Waals surface area (Å²) in [5.74, 6) is -0.539. The Hall–Kier alpha value is -2.35. The minimum atomic E-state index is -0.352. The highest BCUT2D eigenvalue weighted by atomic mass is 16.2. The molecule has 2 amide bonds. The number of hydrogen-bond acceptors (Lipinski definition) is 3. The molecule has 0 saturated heterocycles.